The minimum absolute atomic E-state index is 0.423. The average molecular weight is 260 g/mol. The van der Waals surface area contributed by atoms with Gasteiger partial charge in [-0.3, -0.25) is 0 Å². The standard InChI is InChI=1S/C14H16N2OS/c1-10(17)13-8-15-14(18-13)16-7-6-11-4-2-3-5-12(11)9-16/h2-5,8,10,17H,6-7,9H2,1H3. The highest BCUT2D eigenvalue weighted by atomic mass is 32.1. The van der Waals surface area contributed by atoms with Gasteiger partial charge in [0.1, 0.15) is 0 Å². The Kier molecular flexibility index (Phi) is 3.06. The molecule has 0 spiro atoms. The first kappa shape index (κ1) is 11.7. The number of rotatable bonds is 2. The van der Waals surface area contributed by atoms with Crippen LogP contribution in [0.3, 0.4) is 0 Å². The third-order valence-corrected chi connectivity index (χ3v) is 4.55. The number of aromatic nitrogens is 1. The van der Waals surface area contributed by atoms with E-state index >= 15 is 0 Å². The number of fused-ring (bicyclic) bond motifs is 1. The number of hydrogen-bond acceptors (Lipinski definition) is 4. The molecule has 1 aliphatic heterocycles. The van der Waals surface area contributed by atoms with E-state index in [1.807, 2.05) is 0 Å². The zero-order valence-electron chi connectivity index (χ0n) is 10.3. The third kappa shape index (κ3) is 2.13. The van der Waals surface area contributed by atoms with E-state index in [1.165, 1.54) is 11.1 Å². The molecule has 1 aromatic heterocycles. The van der Waals surface area contributed by atoms with Crippen LogP contribution in [-0.4, -0.2) is 16.6 Å². The highest BCUT2D eigenvalue weighted by Gasteiger charge is 2.19. The van der Waals surface area contributed by atoms with Gasteiger partial charge in [-0.2, -0.15) is 0 Å². The quantitative estimate of drug-likeness (QED) is 0.902. The monoisotopic (exact) mass is 260 g/mol. The van der Waals surface area contributed by atoms with Crippen LogP contribution in [0.5, 0.6) is 0 Å². The summed E-state index contributed by atoms with van der Waals surface area (Å²) in [6, 6.07) is 8.58. The van der Waals surface area contributed by atoms with Crippen LogP contribution in [0, 0.1) is 0 Å². The van der Waals surface area contributed by atoms with Crippen molar-refractivity contribution in [1.82, 2.24) is 4.98 Å². The maximum Gasteiger partial charge on any atom is 0.185 e. The molecule has 18 heavy (non-hydrogen) atoms. The maximum absolute atomic E-state index is 9.55. The first-order valence-electron chi connectivity index (χ1n) is 6.19. The van der Waals surface area contributed by atoms with Gasteiger partial charge in [0.05, 0.1) is 11.0 Å². The van der Waals surface area contributed by atoms with E-state index in [-0.39, 0.29) is 0 Å². The molecule has 0 fully saturated rings. The van der Waals surface area contributed by atoms with Gasteiger partial charge >= 0.3 is 0 Å². The first-order chi connectivity index (χ1) is 8.74. The topological polar surface area (TPSA) is 36.4 Å². The van der Waals surface area contributed by atoms with E-state index in [1.54, 1.807) is 24.5 Å². The Morgan fingerprint density at radius 3 is 2.83 bits per heavy atom. The highest BCUT2D eigenvalue weighted by molar-refractivity contribution is 7.15. The van der Waals surface area contributed by atoms with Crippen LogP contribution in [0.15, 0.2) is 30.5 Å². The lowest BCUT2D eigenvalue weighted by Crippen LogP contribution is -2.30. The molecular weight excluding hydrogens is 244 g/mol. The minimum Gasteiger partial charge on any atom is -0.388 e. The van der Waals surface area contributed by atoms with Crippen LogP contribution in [0.25, 0.3) is 0 Å². The number of aliphatic hydroxyl groups excluding tert-OH is 1. The van der Waals surface area contributed by atoms with Crippen molar-refractivity contribution < 1.29 is 5.11 Å². The molecule has 0 aliphatic carbocycles. The lowest BCUT2D eigenvalue weighted by Gasteiger charge is -2.28. The van der Waals surface area contributed by atoms with Crippen LogP contribution < -0.4 is 4.90 Å². The minimum atomic E-state index is -0.423. The molecular formula is C14H16N2OS. The summed E-state index contributed by atoms with van der Waals surface area (Å²) >= 11 is 1.59. The molecule has 0 bridgehead atoms. The Bertz CT molecular complexity index is 550. The SMILES string of the molecule is CC(O)c1cnc(N2CCc3ccccc3C2)s1. The largest absolute Gasteiger partial charge is 0.388 e. The fraction of sp³-hybridized carbons (Fsp3) is 0.357. The van der Waals surface area contributed by atoms with Gasteiger partial charge in [0.2, 0.25) is 0 Å². The molecule has 1 atom stereocenters. The van der Waals surface area contributed by atoms with E-state index < -0.39 is 6.10 Å². The van der Waals surface area contributed by atoms with Gasteiger partial charge < -0.3 is 10.0 Å². The van der Waals surface area contributed by atoms with Crippen molar-refractivity contribution in [2.24, 2.45) is 0 Å². The van der Waals surface area contributed by atoms with Gasteiger partial charge in [-0.1, -0.05) is 35.6 Å². The Labute approximate surface area is 111 Å². The second-order valence-electron chi connectivity index (χ2n) is 4.66. The highest BCUT2D eigenvalue weighted by Crippen LogP contribution is 2.30. The smallest absolute Gasteiger partial charge is 0.185 e. The number of benzene rings is 1. The number of nitrogens with zero attached hydrogens (tertiary/aromatic N) is 2. The van der Waals surface area contributed by atoms with Crippen molar-refractivity contribution in [1.29, 1.82) is 0 Å². The van der Waals surface area contributed by atoms with Crippen LogP contribution >= 0.6 is 11.3 Å². The van der Waals surface area contributed by atoms with Gasteiger partial charge in [0, 0.05) is 19.3 Å². The summed E-state index contributed by atoms with van der Waals surface area (Å²) in [5.41, 5.74) is 2.83. The first-order valence-corrected chi connectivity index (χ1v) is 7.01. The van der Waals surface area contributed by atoms with E-state index in [0.29, 0.717) is 0 Å². The van der Waals surface area contributed by atoms with Gasteiger partial charge in [-0.05, 0) is 24.5 Å². The second-order valence-corrected chi connectivity index (χ2v) is 5.70. The van der Waals surface area contributed by atoms with Crippen molar-refractivity contribution in [2.45, 2.75) is 26.0 Å². The van der Waals surface area contributed by atoms with E-state index in [9.17, 15) is 5.11 Å². The van der Waals surface area contributed by atoms with E-state index in [0.717, 1.165) is 29.5 Å². The summed E-state index contributed by atoms with van der Waals surface area (Å²) in [6.07, 6.45) is 2.43. The van der Waals surface area contributed by atoms with Crippen molar-refractivity contribution in [3.05, 3.63) is 46.5 Å². The molecule has 0 saturated heterocycles. The van der Waals surface area contributed by atoms with Crippen molar-refractivity contribution in [3.8, 4) is 0 Å². The molecule has 4 heteroatoms. The van der Waals surface area contributed by atoms with Gasteiger partial charge in [-0.15, -0.1) is 0 Å². The van der Waals surface area contributed by atoms with Gasteiger partial charge in [0.25, 0.3) is 0 Å². The lowest BCUT2D eigenvalue weighted by atomic mass is 10.0. The summed E-state index contributed by atoms with van der Waals surface area (Å²) in [4.78, 5) is 7.64. The van der Waals surface area contributed by atoms with Crippen molar-refractivity contribution in [3.63, 3.8) is 0 Å². The molecule has 0 radical (unpaired) electrons. The number of thiazole rings is 1. The fourth-order valence-corrected chi connectivity index (χ4v) is 3.15. The maximum atomic E-state index is 9.55. The molecule has 94 valence electrons. The average Bonchev–Trinajstić information content (AvgIpc) is 2.88. The number of aliphatic hydroxyl groups is 1. The summed E-state index contributed by atoms with van der Waals surface area (Å²) < 4.78 is 0. The molecule has 2 aromatic rings. The fourth-order valence-electron chi connectivity index (χ4n) is 2.28. The van der Waals surface area contributed by atoms with Crippen molar-refractivity contribution >= 4 is 16.5 Å². The molecule has 3 rings (SSSR count). The number of anilines is 1. The Morgan fingerprint density at radius 2 is 2.11 bits per heavy atom. The predicted molar refractivity (Wildman–Crippen MR) is 73.9 cm³/mol. The summed E-state index contributed by atoms with van der Waals surface area (Å²) in [6.45, 7) is 3.70. The molecule has 0 amide bonds. The van der Waals surface area contributed by atoms with Crippen LogP contribution in [0.4, 0.5) is 5.13 Å². The number of hydrogen-bond donors (Lipinski definition) is 1. The molecule has 1 aliphatic rings. The third-order valence-electron chi connectivity index (χ3n) is 3.32. The zero-order valence-corrected chi connectivity index (χ0v) is 11.2. The van der Waals surface area contributed by atoms with Crippen molar-refractivity contribution in [2.75, 3.05) is 11.4 Å². The van der Waals surface area contributed by atoms with Crippen LogP contribution in [0.2, 0.25) is 0 Å². The summed E-state index contributed by atoms with van der Waals surface area (Å²) in [5.74, 6) is 0. The molecule has 1 aromatic carbocycles. The molecule has 1 unspecified atom stereocenters. The molecule has 2 heterocycles. The Morgan fingerprint density at radius 1 is 1.33 bits per heavy atom. The molecule has 1 N–H and O–H groups in total. The lowest BCUT2D eigenvalue weighted by molar-refractivity contribution is 0.203. The second kappa shape index (κ2) is 4.71. The molecule has 0 saturated carbocycles. The van der Waals surface area contributed by atoms with Crippen LogP contribution in [0.1, 0.15) is 29.0 Å². The van der Waals surface area contributed by atoms with E-state index in [2.05, 4.69) is 34.1 Å². The summed E-state index contributed by atoms with van der Waals surface area (Å²) in [5, 5.41) is 10.6. The van der Waals surface area contributed by atoms with Gasteiger partial charge in [0.15, 0.2) is 5.13 Å². The van der Waals surface area contributed by atoms with Crippen LogP contribution in [-0.2, 0) is 13.0 Å². The molecule has 3 nitrogen and oxygen atoms in total. The Hall–Kier alpha value is -1.39. The Balaban J connectivity index is 1.83. The predicted octanol–water partition coefficient (Wildman–Crippen LogP) is 2.76. The van der Waals surface area contributed by atoms with Gasteiger partial charge in [-0.25, -0.2) is 4.98 Å². The van der Waals surface area contributed by atoms with E-state index in [4.69, 9.17) is 0 Å². The zero-order chi connectivity index (χ0) is 12.5. The normalized spacial score (nSPS) is 16.4. The summed E-state index contributed by atoms with van der Waals surface area (Å²) in [7, 11) is 0.